The summed E-state index contributed by atoms with van der Waals surface area (Å²) in [5, 5.41) is 0. The van der Waals surface area contributed by atoms with Gasteiger partial charge in [0.05, 0.1) is 0 Å². The maximum absolute atomic E-state index is 5.88. The SMILES string of the molecule is COC.ClCc1ccccc1-c1ccccc1. The van der Waals surface area contributed by atoms with E-state index in [0.29, 0.717) is 5.88 Å². The van der Waals surface area contributed by atoms with E-state index in [-0.39, 0.29) is 0 Å². The molecule has 2 heteroatoms. The number of ether oxygens (including phenoxy) is 1. The van der Waals surface area contributed by atoms with Gasteiger partial charge in [-0.25, -0.2) is 0 Å². The topological polar surface area (TPSA) is 9.23 Å². The van der Waals surface area contributed by atoms with Gasteiger partial charge in [-0.3, -0.25) is 0 Å². The van der Waals surface area contributed by atoms with E-state index < -0.39 is 0 Å². The van der Waals surface area contributed by atoms with Crippen LogP contribution in [-0.4, -0.2) is 14.2 Å². The van der Waals surface area contributed by atoms with Crippen molar-refractivity contribution in [3.8, 4) is 11.1 Å². The number of rotatable bonds is 2. The molecule has 0 aliphatic heterocycles. The van der Waals surface area contributed by atoms with Crippen molar-refractivity contribution >= 4 is 11.6 Å². The van der Waals surface area contributed by atoms with Crippen LogP contribution in [0.15, 0.2) is 54.6 Å². The van der Waals surface area contributed by atoms with Gasteiger partial charge in [0.2, 0.25) is 0 Å². The molecule has 90 valence electrons. The molecule has 2 aromatic carbocycles. The lowest BCUT2D eigenvalue weighted by atomic mass is 10.0. The largest absolute Gasteiger partial charge is 0.388 e. The van der Waals surface area contributed by atoms with Crippen LogP contribution >= 0.6 is 11.6 Å². The molecule has 0 bridgehead atoms. The van der Waals surface area contributed by atoms with E-state index in [1.165, 1.54) is 16.7 Å². The van der Waals surface area contributed by atoms with Gasteiger partial charge in [-0.2, -0.15) is 0 Å². The minimum atomic E-state index is 0.561. The van der Waals surface area contributed by atoms with Crippen LogP contribution in [0.25, 0.3) is 11.1 Å². The van der Waals surface area contributed by atoms with E-state index in [4.69, 9.17) is 11.6 Å². The van der Waals surface area contributed by atoms with E-state index in [2.05, 4.69) is 29.0 Å². The molecule has 0 amide bonds. The fourth-order valence-electron chi connectivity index (χ4n) is 1.54. The molecule has 0 saturated carbocycles. The Labute approximate surface area is 108 Å². The highest BCUT2D eigenvalue weighted by Crippen LogP contribution is 2.24. The van der Waals surface area contributed by atoms with Gasteiger partial charge in [0.1, 0.15) is 0 Å². The van der Waals surface area contributed by atoms with E-state index in [9.17, 15) is 0 Å². The van der Waals surface area contributed by atoms with Gasteiger partial charge in [0.25, 0.3) is 0 Å². The predicted molar refractivity (Wildman–Crippen MR) is 74.4 cm³/mol. The number of hydrogen-bond donors (Lipinski definition) is 0. The molecule has 1 nitrogen and oxygen atoms in total. The second-order valence-corrected chi connectivity index (χ2v) is 3.83. The summed E-state index contributed by atoms with van der Waals surface area (Å²) in [6.07, 6.45) is 0. The molecule has 0 saturated heterocycles. The average molecular weight is 249 g/mol. The summed E-state index contributed by atoms with van der Waals surface area (Å²) in [5.74, 6) is 0.561. The second-order valence-electron chi connectivity index (χ2n) is 3.57. The normalized spacial score (nSPS) is 9.35. The Morgan fingerprint density at radius 1 is 0.882 bits per heavy atom. The van der Waals surface area contributed by atoms with Gasteiger partial charge in [-0.15, -0.1) is 11.6 Å². The fraction of sp³-hybridized carbons (Fsp3) is 0.200. The van der Waals surface area contributed by atoms with Crippen molar-refractivity contribution in [2.75, 3.05) is 14.2 Å². The number of alkyl halides is 1. The molecule has 0 radical (unpaired) electrons. The van der Waals surface area contributed by atoms with Gasteiger partial charge in [0.15, 0.2) is 0 Å². The Morgan fingerprint density at radius 2 is 1.41 bits per heavy atom. The summed E-state index contributed by atoms with van der Waals surface area (Å²) in [7, 11) is 3.25. The summed E-state index contributed by atoms with van der Waals surface area (Å²) < 4.78 is 4.25. The molecule has 0 N–H and O–H groups in total. The van der Waals surface area contributed by atoms with Gasteiger partial charge in [-0.1, -0.05) is 54.6 Å². The first-order valence-corrected chi connectivity index (χ1v) is 5.96. The van der Waals surface area contributed by atoms with Crippen LogP contribution in [0.3, 0.4) is 0 Å². The van der Waals surface area contributed by atoms with Crippen LogP contribution in [-0.2, 0) is 10.6 Å². The first kappa shape index (κ1) is 13.8. The molecule has 2 aromatic rings. The first-order chi connectivity index (χ1) is 8.33. The number of methoxy groups -OCH3 is 1. The maximum atomic E-state index is 5.88. The summed E-state index contributed by atoms with van der Waals surface area (Å²) in [6, 6.07) is 18.5. The molecular weight excluding hydrogens is 232 g/mol. The zero-order valence-electron chi connectivity index (χ0n) is 10.2. The zero-order valence-corrected chi connectivity index (χ0v) is 10.9. The van der Waals surface area contributed by atoms with Crippen molar-refractivity contribution in [2.45, 2.75) is 5.88 Å². The lowest BCUT2D eigenvalue weighted by Gasteiger charge is -2.06. The lowest BCUT2D eigenvalue weighted by Crippen LogP contribution is -1.84. The molecule has 0 unspecified atom stereocenters. The minimum absolute atomic E-state index is 0.561. The Bertz CT molecular complexity index is 426. The highest BCUT2D eigenvalue weighted by molar-refractivity contribution is 6.17. The lowest BCUT2D eigenvalue weighted by molar-refractivity contribution is 0.277. The molecule has 0 spiro atoms. The molecule has 17 heavy (non-hydrogen) atoms. The van der Waals surface area contributed by atoms with Gasteiger partial charge >= 0.3 is 0 Å². The zero-order chi connectivity index (χ0) is 12.5. The predicted octanol–water partition coefficient (Wildman–Crippen LogP) is 4.36. The standard InChI is InChI=1S/C13H11Cl.C2H6O/c14-10-12-8-4-5-9-13(12)11-6-2-1-3-7-11;1-3-2/h1-9H,10H2;1-2H3. The van der Waals surface area contributed by atoms with E-state index in [0.717, 1.165) is 0 Å². The van der Waals surface area contributed by atoms with Crippen LogP contribution in [0, 0.1) is 0 Å². The van der Waals surface area contributed by atoms with Crippen molar-refractivity contribution in [1.29, 1.82) is 0 Å². The number of benzene rings is 2. The summed E-state index contributed by atoms with van der Waals surface area (Å²) in [4.78, 5) is 0. The molecule has 0 atom stereocenters. The first-order valence-electron chi connectivity index (χ1n) is 5.43. The van der Waals surface area contributed by atoms with Gasteiger partial charge in [0, 0.05) is 20.1 Å². The van der Waals surface area contributed by atoms with Crippen LogP contribution in [0.1, 0.15) is 5.56 Å². The van der Waals surface area contributed by atoms with Crippen LogP contribution in [0.2, 0.25) is 0 Å². The fourth-order valence-corrected chi connectivity index (χ4v) is 1.77. The monoisotopic (exact) mass is 248 g/mol. The van der Waals surface area contributed by atoms with E-state index >= 15 is 0 Å². The summed E-state index contributed by atoms with van der Waals surface area (Å²) in [6.45, 7) is 0. The highest BCUT2D eigenvalue weighted by Gasteiger charge is 2.01. The summed E-state index contributed by atoms with van der Waals surface area (Å²) >= 11 is 5.88. The van der Waals surface area contributed by atoms with Crippen LogP contribution < -0.4 is 0 Å². The second kappa shape index (κ2) is 7.88. The average Bonchev–Trinajstić information content (AvgIpc) is 2.40. The highest BCUT2D eigenvalue weighted by atomic mass is 35.5. The number of hydrogen-bond acceptors (Lipinski definition) is 1. The number of halogens is 1. The van der Waals surface area contributed by atoms with E-state index in [1.807, 2.05) is 30.3 Å². The molecule has 0 aromatic heterocycles. The quantitative estimate of drug-likeness (QED) is 0.718. The van der Waals surface area contributed by atoms with Crippen molar-refractivity contribution in [2.24, 2.45) is 0 Å². The Hall–Kier alpha value is -1.31. The molecule has 0 aliphatic carbocycles. The van der Waals surface area contributed by atoms with Gasteiger partial charge < -0.3 is 4.74 Å². The van der Waals surface area contributed by atoms with Crippen molar-refractivity contribution in [3.63, 3.8) is 0 Å². The Balaban J connectivity index is 0.000000437. The van der Waals surface area contributed by atoms with Crippen molar-refractivity contribution in [3.05, 3.63) is 60.2 Å². The minimum Gasteiger partial charge on any atom is -0.388 e. The smallest absolute Gasteiger partial charge is 0.0480 e. The van der Waals surface area contributed by atoms with Crippen LogP contribution in [0.4, 0.5) is 0 Å². The van der Waals surface area contributed by atoms with Crippen molar-refractivity contribution in [1.82, 2.24) is 0 Å². The van der Waals surface area contributed by atoms with Gasteiger partial charge in [-0.05, 0) is 16.7 Å². The Morgan fingerprint density at radius 3 is 2.00 bits per heavy atom. The molecule has 0 heterocycles. The molecule has 2 rings (SSSR count). The molecular formula is C15H17ClO. The Kier molecular flexibility index (Phi) is 6.38. The molecule has 0 fully saturated rings. The van der Waals surface area contributed by atoms with Crippen molar-refractivity contribution < 1.29 is 4.74 Å². The summed E-state index contributed by atoms with van der Waals surface area (Å²) in [5.41, 5.74) is 3.63. The molecule has 0 aliphatic rings. The van der Waals surface area contributed by atoms with E-state index in [1.54, 1.807) is 14.2 Å². The third kappa shape index (κ3) is 4.22. The van der Waals surface area contributed by atoms with Crippen LogP contribution in [0.5, 0.6) is 0 Å². The third-order valence-corrected chi connectivity index (χ3v) is 2.53. The maximum Gasteiger partial charge on any atom is 0.0480 e. The third-order valence-electron chi connectivity index (χ3n) is 2.25.